The number of hydrogen-bond donors (Lipinski definition) is 1. The molecule has 18 heavy (non-hydrogen) atoms. The molecule has 0 aliphatic carbocycles. The molecule has 1 aromatic rings. The van der Waals surface area contributed by atoms with Crippen molar-refractivity contribution in [2.75, 3.05) is 6.54 Å². The minimum absolute atomic E-state index is 0.589. The summed E-state index contributed by atoms with van der Waals surface area (Å²) in [7, 11) is 0. The third-order valence-electron chi connectivity index (χ3n) is 3.80. The van der Waals surface area contributed by atoms with Crippen LogP contribution in [-0.4, -0.2) is 12.6 Å². The highest BCUT2D eigenvalue weighted by atomic mass is 14.9. The first kappa shape index (κ1) is 15.2. The fourth-order valence-electron chi connectivity index (χ4n) is 2.52. The number of nitrogens with one attached hydrogen (secondary N) is 1. The highest BCUT2D eigenvalue weighted by Gasteiger charge is 2.17. The third kappa shape index (κ3) is 4.13. The zero-order valence-corrected chi connectivity index (χ0v) is 12.7. The van der Waals surface area contributed by atoms with E-state index in [1.165, 1.54) is 24.0 Å². The van der Waals surface area contributed by atoms with Gasteiger partial charge in [-0.1, -0.05) is 65.3 Å². The Morgan fingerprint density at radius 3 is 1.94 bits per heavy atom. The van der Waals surface area contributed by atoms with Crippen LogP contribution in [0, 0.1) is 0 Å². The van der Waals surface area contributed by atoms with Gasteiger partial charge in [0.05, 0.1) is 0 Å². The molecule has 1 heteroatoms. The molecule has 0 bridgehead atoms. The molecule has 2 atom stereocenters. The van der Waals surface area contributed by atoms with Gasteiger partial charge < -0.3 is 5.32 Å². The van der Waals surface area contributed by atoms with Gasteiger partial charge in [0.1, 0.15) is 0 Å². The number of rotatable bonds is 7. The lowest BCUT2D eigenvalue weighted by atomic mass is 9.89. The largest absolute Gasteiger partial charge is 0.314 e. The molecule has 2 unspecified atom stereocenters. The molecule has 0 aliphatic rings. The molecule has 1 rings (SSSR count). The van der Waals surface area contributed by atoms with Crippen molar-refractivity contribution in [1.82, 2.24) is 5.32 Å². The van der Waals surface area contributed by atoms with Crippen molar-refractivity contribution in [3.8, 4) is 0 Å². The highest BCUT2D eigenvalue weighted by Crippen LogP contribution is 2.24. The maximum absolute atomic E-state index is 3.62. The Hall–Kier alpha value is -0.820. The summed E-state index contributed by atoms with van der Waals surface area (Å²) >= 11 is 0. The summed E-state index contributed by atoms with van der Waals surface area (Å²) in [5.41, 5.74) is 2.89. The third-order valence-corrected chi connectivity index (χ3v) is 3.80. The maximum Gasteiger partial charge on any atom is 0.0133 e. The molecule has 0 saturated carbocycles. The molecule has 1 nitrogen and oxygen atoms in total. The quantitative estimate of drug-likeness (QED) is 0.737. The van der Waals surface area contributed by atoms with Crippen molar-refractivity contribution in [3.63, 3.8) is 0 Å². The number of benzene rings is 1. The Labute approximate surface area is 113 Å². The zero-order valence-electron chi connectivity index (χ0n) is 12.7. The van der Waals surface area contributed by atoms with Gasteiger partial charge in [-0.2, -0.15) is 0 Å². The molecule has 0 spiro atoms. The smallest absolute Gasteiger partial charge is 0.0133 e. The summed E-state index contributed by atoms with van der Waals surface area (Å²) in [6.45, 7) is 12.3. The van der Waals surface area contributed by atoms with Crippen LogP contribution in [0.25, 0.3) is 0 Å². The first-order valence-electron chi connectivity index (χ1n) is 7.43. The van der Waals surface area contributed by atoms with E-state index in [1.807, 2.05) is 0 Å². The van der Waals surface area contributed by atoms with Crippen LogP contribution >= 0.6 is 0 Å². The molecule has 1 N–H and O–H groups in total. The van der Waals surface area contributed by atoms with Crippen LogP contribution in [0.15, 0.2) is 24.3 Å². The molecular formula is C17H29N. The van der Waals surface area contributed by atoms with Crippen LogP contribution < -0.4 is 5.32 Å². The standard InChI is InChI=1S/C17H29N/c1-6-8-17(18-7-2)14(5)16-11-9-15(10-12-16)13(3)4/h9-14,17-18H,6-8H2,1-5H3. The molecular weight excluding hydrogens is 218 g/mol. The maximum atomic E-state index is 3.62. The van der Waals surface area contributed by atoms with E-state index in [-0.39, 0.29) is 0 Å². The van der Waals surface area contributed by atoms with E-state index in [9.17, 15) is 0 Å². The molecule has 0 fully saturated rings. The van der Waals surface area contributed by atoms with E-state index >= 15 is 0 Å². The Kier molecular flexibility index (Phi) is 6.42. The van der Waals surface area contributed by atoms with Gasteiger partial charge in [-0.25, -0.2) is 0 Å². The van der Waals surface area contributed by atoms with E-state index in [4.69, 9.17) is 0 Å². The van der Waals surface area contributed by atoms with Crippen LogP contribution in [0.5, 0.6) is 0 Å². The van der Waals surface area contributed by atoms with Gasteiger partial charge in [-0.15, -0.1) is 0 Å². The second-order valence-corrected chi connectivity index (χ2v) is 5.56. The second-order valence-electron chi connectivity index (χ2n) is 5.56. The van der Waals surface area contributed by atoms with Crippen molar-refractivity contribution in [2.24, 2.45) is 0 Å². The topological polar surface area (TPSA) is 12.0 Å². The van der Waals surface area contributed by atoms with Gasteiger partial charge in [0.2, 0.25) is 0 Å². The van der Waals surface area contributed by atoms with Crippen LogP contribution in [0.3, 0.4) is 0 Å². The Morgan fingerprint density at radius 1 is 0.944 bits per heavy atom. The molecule has 0 radical (unpaired) electrons. The van der Waals surface area contributed by atoms with Crippen molar-refractivity contribution in [3.05, 3.63) is 35.4 Å². The van der Waals surface area contributed by atoms with E-state index in [0.29, 0.717) is 17.9 Å². The first-order valence-corrected chi connectivity index (χ1v) is 7.43. The highest BCUT2D eigenvalue weighted by molar-refractivity contribution is 5.27. The normalized spacial score (nSPS) is 14.8. The molecule has 0 aliphatic heterocycles. The van der Waals surface area contributed by atoms with Gasteiger partial charge in [0, 0.05) is 6.04 Å². The lowest BCUT2D eigenvalue weighted by molar-refractivity contribution is 0.430. The minimum atomic E-state index is 0.589. The fraction of sp³-hybridized carbons (Fsp3) is 0.647. The first-order chi connectivity index (χ1) is 8.60. The summed E-state index contributed by atoms with van der Waals surface area (Å²) in [4.78, 5) is 0. The Bertz CT molecular complexity index is 320. The summed E-state index contributed by atoms with van der Waals surface area (Å²) in [5.74, 6) is 1.21. The van der Waals surface area contributed by atoms with E-state index in [2.05, 4.69) is 64.2 Å². The summed E-state index contributed by atoms with van der Waals surface area (Å²) < 4.78 is 0. The van der Waals surface area contributed by atoms with Gasteiger partial charge >= 0.3 is 0 Å². The average molecular weight is 247 g/mol. The lowest BCUT2D eigenvalue weighted by Crippen LogP contribution is -2.33. The summed E-state index contributed by atoms with van der Waals surface area (Å²) in [6, 6.07) is 9.78. The van der Waals surface area contributed by atoms with Crippen LogP contribution in [-0.2, 0) is 0 Å². The van der Waals surface area contributed by atoms with E-state index in [0.717, 1.165) is 6.54 Å². The zero-order chi connectivity index (χ0) is 13.5. The predicted molar refractivity (Wildman–Crippen MR) is 81.3 cm³/mol. The van der Waals surface area contributed by atoms with Gasteiger partial charge in [0.15, 0.2) is 0 Å². The second kappa shape index (κ2) is 7.58. The summed E-state index contributed by atoms with van der Waals surface area (Å²) in [5, 5.41) is 3.62. The minimum Gasteiger partial charge on any atom is -0.314 e. The fourth-order valence-corrected chi connectivity index (χ4v) is 2.52. The predicted octanol–water partition coefficient (Wildman–Crippen LogP) is 4.69. The molecule has 0 aromatic heterocycles. The van der Waals surface area contributed by atoms with Crippen LogP contribution in [0.1, 0.15) is 70.4 Å². The van der Waals surface area contributed by atoms with Crippen LogP contribution in [0.4, 0.5) is 0 Å². The SMILES string of the molecule is CCCC(NCC)C(C)c1ccc(C(C)C)cc1. The van der Waals surface area contributed by atoms with E-state index < -0.39 is 0 Å². The lowest BCUT2D eigenvalue weighted by Gasteiger charge is -2.25. The molecule has 0 amide bonds. The Morgan fingerprint density at radius 2 is 1.50 bits per heavy atom. The number of hydrogen-bond acceptors (Lipinski definition) is 1. The molecule has 0 heterocycles. The molecule has 1 aromatic carbocycles. The van der Waals surface area contributed by atoms with Gasteiger partial charge in [0.25, 0.3) is 0 Å². The van der Waals surface area contributed by atoms with Crippen molar-refractivity contribution < 1.29 is 0 Å². The Balaban J connectivity index is 2.77. The van der Waals surface area contributed by atoms with Gasteiger partial charge in [-0.3, -0.25) is 0 Å². The van der Waals surface area contributed by atoms with E-state index in [1.54, 1.807) is 0 Å². The molecule has 0 saturated heterocycles. The summed E-state index contributed by atoms with van der Waals surface area (Å²) in [6.07, 6.45) is 2.49. The van der Waals surface area contributed by atoms with Crippen molar-refractivity contribution >= 4 is 0 Å². The number of likely N-dealkylation sites (N-methyl/N-ethyl adjacent to an activating group) is 1. The van der Waals surface area contributed by atoms with Crippen LogP contribution in [0.2, 0.25) is 0 Å². The monoisotopic (exact) mass is 247 g/mol. The van der Waals surface area contributed by atoms with Gasteiger partial charge in [-0.05, 0) is 35.9 Å². The average Bonchev–Trinajstić information content (AvgIpc) is 2.38. The van der Waals surface area contributed by atoms with Crippen molar-refractivity contribution in [1.29, 1.82) is 0 Å². The molecule has 102 valence electrons. The van der Waals surface area contributed by atoms with Crippen molar-refractivity contribution in [2.45, 2.75) is 65.3 Å².